The first-order valence-electron chi connectivity index (χ1n) is 13.2. The topological polar surface area (TPSA) is 125 Å². The molecule has 0 aliphatic carbocycles. The molecule has 0 spiro atoms. The Balaban J connectivity index is 1.70. The van der Waals surface area contributed by atoms with Crippen molar-refractivity contribution in [3.05, 3.63) is 83.1 Å². The number of hydrogen-bond acceptors (Lipinski definition) is 8. The highest BCUT2D eigenvalue weighted by Gasteiger charge is 2.27. The lowest BCUT2D eigenvalue weighted by molar-refractivity contribution is -0.142. The van der Waals surface area contributed by atoms with Crippen molar-refractivity contribution in [3.63, 3.8) is 0 Å². The number of esters is 1. The number of nitrogens with zero attached hydrogens (tertiary/aromatic N) is 2. The molecule has 9 nitrogen and oxygen atoms in total. The minimum absolute atomic E-state index is 0.0240. The molecular formula is C31H31FN2O7S. The van der Waals surface area contributed by atoms with Crippen LogP contribution in [0, 0.1) is 6.01 Å². The molecule has 220 valence electrons. The molecular weight excluding hydrogens is 563 g/mol. The van der Waals surface area contributed by atoms with Gasteiger partial charge in [0.2, 0.25) is 0 Å². The molecule has 0 amide bonds. The van der Waals surface area contributed by atoms with E-state index < -0.39 is 26.8 Å². The van der Waals surface area contributed by atoms with E-state index in [1.165, 1.54) is 25.4 Å². The summed E-state index contributed by atoms with van der Waals surface area (Å²) in [5, 5.41) is 0.482. The highest BCUT2D eigenvalue weighted by atomic mass is 32.2. The highest BCUT2D eigenvalue weighted by Crippen LogP contribution is 2.33. The van der Waals surface area contributed by atoms with E-state index in [9.17, 15) is 22.4 Å². The molecule has 2 heterocycles. The van der Waals surface area contributed by atoms with Gasteiger partial charge in [-0.3, -0.25) is 14.6 Å². The highest BCUT2D eigenvalue weighted by molar-refractivity contribution is 7.91. The Bertz CT molecular complexity index is 1790. The number of furan rings is 1. The van der Waals surface area contributed by atoms with Gasteiger partial charge in [0.05, 0.1) is 29.7 Å². The number of sulfonamides is 1. The van der Waals surface area contributed by atoms with Crippen LogP contribution in [0.5, 0.6) is 5.75 Å². The second-order valence-corrected chi connectivity index (χ2v) is 12.9. The number of hydrogen-bond donors (Lipinski definition) is 0. The molecule has 0 fully saturated rings. The van der Waals surface area contributed by atoms with E-state index in [1.807, 2.05) is 0 Å². The first-order chi connectivity index (χ1) is 19.8. The van der Waals surface area contributed by atoms with Gasteiger partial charge in [-0.2, -0.15) is 8.79 Å². The molecule has 11 heteroatoms. The van der Waals surface area contributed by atoms with Crippen LogP contribution in [0.15, 0.2) is 63.5 Å². The predicted molar refractivity (Wildman–Crippen MR) is 157 cm³/mol. The summed E-state index contributed by atoms with van der Waals surface area (Å²) >= 11 is 0. The molecule has 2 aromatic carbocycles. The van der Waals surface area contributed by atoms with Gasteiger partial charge >= 0.3 is 5.97 Å². The number of fused-ring (bicyclic) bond motifs is 1. The van der Waals surface area contributed by atoms with Gasteiger partial charge in [-0.1, -0.05) is 12.1 Å². The molecule has 42 heavy (non-hydrogen) atoms. The Hall–Kier alpha value is -4.38. The Kier molecular flexibility index (Phi) is 8.91. The van der Waals surface area contributed by atoms with Gasteiger partial charge in [0.1, 0.15) is 17.9 Å². The molecule has 0 radical (unpaired) electrons. The molecule has 0 aliphatic rings. The molecule has 0 atom stereocenters. The van der Waals surface area contributed by atoms with E-state index >= 15 is 0 Å². The SMILES string of the molecule is CCOC(=O)Cc1ccc(C(C)=O)cc1OCc1cc(-c2ccnc(C=NS(=O)(=O)C(C)(C)C)c2)c2oc(F)cc2c1. The Labute approximate surface area is 243 Å². The third kappa shape index (κ3) is 7.09. The zero-order chi connectivity index (χ0) is 30.7. The maximum atomic E-state index is 14.2. The van der Waals surface area contributed by atoms with E-state index in [4.69, 9.17) is 13.9 Å². The summed E-state index contributed by atoms with van der Waals surface area (Å²) in [6.07, 6.45) is 2.62. The van der Waals surface area contributed by atoms with Crippen LogP contribution >= 0.6 is 0 Å². The standard InChI is InChI=1S/C31H31FN2O7S/c1-6-39-29(36)16-23-8-7-21(19(2)35)14-27(23)40-18-20-11-24-15-28(32)41-30(24)26(12-20)22-9-10-33-25(13-22)17-34-42(37,38)31(3,4)5/h7-15,17H,6,16,18H2,1-5H3. The third-order valence-electron chi connectivity index (χ3n) is 6.34. The second-order valence-electron chi connectivity index (χ2n) is 10.6. The van der Waals surface area contributed by atoms with Crippen LogP contribution in [0.4, 0.5) is 4.39 Å². The summed E-state index contributed by atoms with van der Waals surface area (Å²) in [5.74, 6) is -0.242. The number of carbonyl (C=O) groups is 2. The summed E-state index contributed by atoms with van der Waals surface area (Å²) < 4.78 is 58.3. The van der Waals surface area contributed by atoms with Crippen molar-refractivity contribution in [2.45, 2.75) is 52.4 Å². The van der Waals surface area contributed by atoms with Crippen molar-refractivity contribution in [1.29, 1.82) is 0 Å². The number of rotatable bonds is 10. The molecule has 4 rings (SSSR count). The average Bonchev–Trinajstić information content (AvgIpc) is 3.30. The van der Waals surface area contributed by atoms with Crippen molar-refractivity contribution >= 4 is 39.0 Å². The predicted octanol–water partition coefficient (Wildman–Crippen LogP) is 6.07. The van der Waals surface area contributed by atoms with Crippen LogP contribution in [0.25, 0.3) is 22.1 Å². The van der Waals surface area contributed by atoms with Gasteiger partial charge in [-0.25, -0.2) is 8.42 Å². The summed E-state index contributed by atoms with van der Waals surface area (Å²) in [6, 6.07) is 12.1. The average molecular weight is 595 g/mol. The first-order valence-corrected chi connectivity index (χ1v) is 14.6. The fourth-order valence-corrected chi connectivity index (χ4v) is 4.60. The molecule has 0 N–H and O–H groups in total. The molecule has 0 aliphatic heterocycles. The number of benzene rings is 2. The van der Waals surface area contributed by atoms with E-state index in [2.05, 4.69) is 9.38 Å². The molecule has 0 saturated carbocycles. The Morgan fingerprint density at radius 3 is 2.55 bits per heavy atom. The summed E-state index contributed by atoms with van der Waals surface area (Å²) in [6.45, 7) is 8.06. The van der Waals surface area contributed by atoms with Gasteiger partial charge in [0.15, 0.2) is 5.78 Å². The van der Waals surface area contributed by atoms with Crippen molar-refractivity contribution in [1.82, 2.24) is 4.98 Å². The lowest BCUT2D eigenvalue weighted by atomic mass is 10.0. The van der Waals surface area contributed by atoms with Crippen molar-refractivity contribution in [3.8, 4) is 16.9 Å². The molecule has 2 aromatic heterocycles. The van der Waals surface area contributed by atoms with Crippen molar-refractivity contribution in [2.24, 2.45) is 4.40 Å². The minimum atomic E-state index is -3.77. The summed E-state index contributed by atoms with van der Waals surface area (Å²) in [5.41, 5.74) is 3.30. The van der Waals surface area contributed by atoms with Gasteiger partial charge in [-0.05, 0) is 76.1 Å². The number of pyridine rings is 1. The van der Waals surface area contributed by atoms with E-state index in [0.717, 1.165) is 0 Å². The fourth-order valence-electron chi connectivity index (χ4n) is 4.03. The van der Waals surface area contributed by atoms with Gasteiger partial charge in [-0.15, -0.1) is 0 Å². The zero-order valence-corrected chi connectivity index (χ0v) is 24.7. The van der Waals surface area contributed by atoms with Crippen LogP contribution < -0.4 is 4.74 Å². The second kappa shape index (κ2) is 12.2. The number of ketones is 1. The van der Waals surface area contributed by atoms with Gasteiger partial charge in [0.25, 0.3) is 16.0 Å². The number of halogens is 1. The number of aromatic nitrogens is 1. The molecule has 0 bridgehead atoms. The number of ether oxygens (including phenoxy) is 2. The van der Waals surface area contributed by atoms with Crippen LogP contribution in [0.2, 0.25) is 0 Å². The first kappa shape index (κ1) is 30.6. The molecule has 0 unspecified atom stereocenters. The van der Waals surface area contributed by atoms with Crippen LogP contribution in [-0.4, -0.2) is 42.7 Å². The van der Waals surface area contributed by atoms with Gasteiger partial charge < -0.3 is 13.9 Å². The van der Waals surface area contributed by atoms with Crippen LogP contribution in [0.1, 0.15) is 61.8 Å². The Morgan fingerprint density at radius 1 is 1.10 bits per heavy atom. The van der Waals surface area contributed by atoms with Crippen LogP contribution in [-0.2, 0) is 32.6 Å². The normalized spacial score (nSPS) is 12.1. The monoisotopic (exact) mass is 594 g/mol. The van der Waals surface area contributed by atoms with E-state index in [1.54, 1.807) is 70.2 Å². The minimum Gasteiger partial charge on any atom is -0.489 e. The molecule has 0 saturated heterocycles. The number of Topliss-reactive ketones (excluding diaryl/α,β-unsaturated/α-hetero) is 1. The zero-order valence-electron chi connectivity index (χ0n) is 23.9. The number of carbonyl (C=O) groups excluding carboxylic acids is 2. The van der Waals surface area contributed by atoms with Crippen molar-refractivity contribution < 1.29 is 36.3 Å². The smallest absolute Gasteiger partial charge is 0.310 e. The van der Waals surface area contributed by atoms with Crippen molar-refractivity contribution in [2.75, 3.05) is 6.61 Å². The maximum Gasteiger partial charge on any atom is 0.310 e. The molecule has 4 aromatic rings. The summed E-state index contributed by atoms with van der Waals surface area (Å²) in [7, 11) is -3.77. The summed E-state index contributed by atoms with van der Waals surface area (Å²) in [4.78, 5) is 28.3. The van der Waals surface area contributed by atoms with Crippen LogP contribution in [0.3, 0.4) is 0 Å². The Morgan fingerprint density at radius 2 is 1.86 bits per heavy atom. The maximum absolute atomic E-state index is 14.2. The lowest BCUT2D eigenvalue weighted by Crippen LogP contribution is -2.25. The quantitative estimate of drug-likeness (QED) is 0.123. The largest absolute Gasteiger partial charge is 0.489 e. The van der Waals surface area contributed by atoms with Gasteiger partial charge in [0, 0.05) is 34.3 Å². The van der Waals surface area contributed by atoms with E-state index in [-0.39, 0.29) is 36.7 Å². The van der Waals surface area contributed by atoms with E-state index in [0.29, 0.717) is 39.0 Å². The lowest BCUT2D eigenvalue weighted by Gasteiger charge is -2.14. The fraction of sp³-hybridized carbons (Fsp3) is 0.290. The third-order valence-corrected chi connectivity index (χ3v) is 8.27.